The Kier molecular flexibility index (Phi) is 3.39. The Labute approximate surface area is 138 Å². The van der Waals surface area contributed by atoms with Crippen molar-refractivity contribution < 1.29 is 9.84 Å². The third-order valence-corrected chi connectivity index (χ3v) is 4.00. The summed E-state index contributed by atoms with van der Waals surface area (Å²) in [5, 5.41) is 9.75. The van der Waals surface area contributed by atoms with Gasteiger partial charge in [0.15, 0.2) is 11.5 Å². The van der Waals surface area contributed by atoms with Crippen molar-refractivity contribution in [2.24, 2.45) is 0 Å². The molecule has 4 rings (SSSR count). The lowest BCUT2D eigenvalue weighted by molar-refractivity contribution is 0.373. The van der Waals surface area contributed by atoms with Gasteiger partial charge in [-0.05, 0) is 47.5 Å². The van der Waals surface area contributed by atoms with Crippen LogP contribution in [0.5, 0.6) is 11.5 Å². The summed E-state index contributed by atoms with van der Waals surface area (Å²) >= 11 is 0. The predicted octanol–water partition coefficient (Wildman–Crippen LogP) is 3.80. The van der Waals surface area contributed by atoms with E-state index in [4.69, 9.17) is 4.74 Å². The number of phenolic OH excluding ortho intramolecular Hbond substituents is 1. The molecule has 0 atom stereocenters. The number of rotatable bonds is 3. The summed E-state index contributed by atoms with van der Waals surface area (Å²) in [6, 6.07) is 15.3. The number of imidazole rings is 1. The summed E-state index contributed by atoms with van der Waals surface area (Å²) in [5.74, 6) is 0.549. The van der Waals surface area contributed by atoms with Gasteiger partial charge in [0.25, 0.3) is 0 Å². The third-order valence-electron chi connectivity index (χ3n) is 4.00. The molecule has 2 aromatic heterocycles. The molecule has 2 aromatic carbocycles. The fraction of sp³-hybridized carbons (Fsp3) is 0.0526. The number of fused-ring (bicyclic) bond motifs is 1. The SMILES string of the molecule is COc1cc(-n2cnc3cc(-c4ccncc4)ccc32)ccc1O. The molecular weight excluding hydrogens is 302 g/mol. The van der Waals surface area contributed by atoms with Gasteiger partial charge in [0.2, 0.25) is 0 Å². The van der Waals surface area contributed by atoms with Gasteiger partial charge in [-0.25, -0.2) is 4.98 Å². The van der Waals surface area contributed by atoms with Gasteiger partial charge in [-0.15, -0.1) is 0 Å². The van der Waals surface area contributed by atoms with Gasteiger partial charge >= 0.3 is 0 Å². The van der Waals surface area contributed by atoms with Gasteiger partial charge in [0.1, 0.15) is 6.33 Å². The lowest BCUT2D eigenvalue weighted by Gasteiger charge is -2.08. The van der Waals surface area contributed by atoms with Crippen LogP contribution < -0.4 is 4.74 Å². The molecule has 4 aromatic rings. The number of ether oxygens (including phenoxy) is 1. The molecule has 0 saturated heterocycles. The zero-order valence-corrected chi connectivity index (χ0v) is 13.0. The Morgan fingerprint density at radius 2 is 1.79 bits per heavy atom. The molecule has 0 fully saturated rings. The second-order valence-electron chi connectivity index (χ2n) is 5.41. The van der Waals surface area contributed by atoms with Gasteiger partial charge in [0.05, 0.1) is 23.8 Å². The molecule has 24 heavy (non-hydrogen) atoms. The number of hydrogen-bond donors (Lipinski definition) is 1. The highest BCUT2D eigenvalue weighted by Crippen LogP contribution is 2.30. The molecule has 5 heteroatoms. The second kappa shape index (κ2) is 5.70. The van der Waals surface area contributed by atoms with Gasteiger partial charge in [0, 0.05) is 18.5 Å². The first kappa shape index (κ1) is 14.3. The number of benzene rings is 2. The lowest BCUT2D eigenvalue weighted by Crippen LogP contribution is -1.93. The third kappa shape index (κ3) is 2.36. The van der Waals surface area contributed by atoms with Crippen LogP contribution in [-0.4, -0.2) is 26.8 Å². The van der Waals surface area contributed by atoms with Crippen LogP contribution in [0.1, 0.15) is 0 Å². The van der Waals surface area contributed by atoms with Crippen molar-refractivity contribution in [3.63, 3.8) is 0 Å². The van der Waals surface area contributed by atoms with Crippen molar-refractivity contribution in [1.82, 2.24) is 14.5 Å². The molecule has 0 saturated carbocycles. The zero-order valence-electron chi connectivity index (χ0n) is 13.0. The summed E-state index contributed by atoms with van der Waals surface area (Å²) in [5.41, 5.74) is 4.96. The Morgan fingerprint density at radius 1 is 0.958 bits per heavy atom. The van der Waals surface area contributed by atoms with Crippen molar-refractivity contribution in [2.45, 2.75) is 0 Å². The Balaban J connectivity index is 1.81. The van der Waals surface area contributed by atoms with Gasteiger partial charge in [-0.1, -0.05) is 6.07 Å². The molecule has 0 aliphatic carbocycles. The highest BCUT2D eigenvalue weighted by Gasteiger charge is 2.09. The number of methoxy groups -OCH3 is 1. The van der Waals surface area contributed by atoms with Crippen molar-refractivity contribution in [2.75, 3.05) is 7.11 Å². The van der Waals surface area contributed by atoms with E-state index in [1.165, 1.54) is 7.11 Å². The Bertz CT molecular complexity index is 1010. The number of nitrogens with zero attached hydrogens (tertiary/aromatic N) is 3. The van der Waals surface area contributed by atoms with Gasteiger partial charge in [-0.3, -0.25) is 9.55 Å². The molecule has 2 heterocycles. The van der Waals surface area contributed by atoms with Crippen LogP contribution in [0.3, 0.4) is 0 Å². The maximum atomic E-state index is 9.75. The van der Waals surface area contributed by atoms with Crippen LogP contribution in [0.15, 0.2) is 67.3 Å². The minimum Gasteiger partial charge on any atom is -0.504 e. The summed E-state index contributed by atoms with van der Waals surface area (Å²) < 4.78 is 7.15. The van der Waals surface area contributed by atoms with E-state index in [1.807, 2.05) is 28.8 Å². The van der Waals surface area contributed by atoms with E-state index >= 15 is 0 Å². The standard InChI is InChI=1S/C19H15N3O2/c1-24-19-11-15(3-5-18(19)23)22-12-21-16-10-14(2-4-17(16)22)13-6-8-20-9-7-13/h2-12,23H,1H3. The van der Waals surface area contributed by atoms with Crippen LogP contribution in [0.2, 0.25) is 0 Å². The summed E-state index contributed by atoms with van der Waals surface area (Å²) in [6.07, 6.45) is 5.33. The quantitative estimate of drug-likeness (QED) is 0.624. The average Bonchev–Trinajstić information content (AvgIpc) is 3.06. The van der Waals surface area contributed by atoms with E-state index in [0.717, 1.165) is 27.8 Å². The number of pyridine rings is 1. The van der Waals surface area contributed by atoms with E-state index in [-0.39, 0.29) is 5.75 Å². The van der Waals surface area contributed by atoms with E-state index < -0.39 is 0 Å². The van der Waals surface area contributed by atoms with Crippen molar-refractivity contribution in [3.8, 4) is 28.3 Å². The molecule has 0 aliphatic rings. The first-order valence-electron chi connectivity index (χ1n) is 7.51. The molecule has 0 aliphatic heterocycles. The number of aromatic hydroxyl groups is 1. The van der Waals surface area contributed by atoms with Crippen molar-refractivity contribution in [1.29, 1.82) is 0 Å². The van der Waals surface area contributed by atoms with E-state index in [2.05, 4.69) is 22.1 Å². The van der Waals surface area contributed by atoms with E-state index in [0.29, 0.717) is 5.75 Å². The fourth-order valence-corrected chi connectivity index (χ4v) is 2.76. The molecule has 0 bridgehead atoms. The van der Waals surface area contributed by atoms with Crippen LogP contribution in [0.25, 0.3) is 27.8 Å². The van der Waals surface area contributed by atoms with Crippen molar-refractivity contribution >= 4 is 11.0 Å². The van der Waals surface area contributed by atoms with Gasteiger partial charge < -0.3 is 9.84 Å². The number of phenols is 1. The largest absolute Gasteiger partial charge is 0.504 e. The molecule has 1 N–H and O–H groups in total. The summed E-state index contributed by atoms with van der Waals surface area (Å²) in [4.78, 5) is 8.55. The fourth-order valence-electron chi connectivity index (χ4n) is 2.76. The smallest absolute Gasteiger partial charge is 0.162 e. The Morgan fingerprint density at radius 3 is 2.58 bits per heavy atom. The Hall–Kier alpha value is -3.34. The minimum absolute atomic E-state index is 0.116. The maximum absolute atomic E-state index is 9.75. The first-order valence-corrected chi connectivity index (χ1v) is 7.51. The molecule has 0 spiro atoms. The van der Waals surface area contributed by atoms with E-state index in [9.17, 15) is 5.11 Å². The topological polar surface area (TPSA) is 60.2 Å². The molecular formula is C19H15N3O2. The van der Waals surface area contributed by atoms with E-state index in [1.54, 1.807) is 30.9 Å². The number of aromatic nitrogens is 3. The highest BCUT2D eigenvalue weighted by atomic mass is 16.5. The monoisotopic (exact) mass is 317 g/mol. The normalized spacial score (nSPS) is 10.9. The lowest BCUT2D eigenvalue weighted by atomic mass is 10.1. The molecule has 0 unspecified atom stereocenters. The van der Waals surface area contributed by atoms with Crippen LogP contribution in [-0.2, 0) is 0 Å². The number of hydrogen-bond acceptors (Lipinski definition) is 4. The van der Waals surface area contributed by atoms with Crippen molar-refractivity contribution in [3.05, 3.63) is 67.3 Å². The second-order valence-corrected chi connectivity index (χ2v) is 5.41. The molecule has 5 nitrogen and oxygen atoms in total. The molecule has 0 radical (unpaired) electrons. The molecule has 0 amide bonds. The molecule has 118 valence electrons. The zero-order chi connectivity index (χ0) is 16.5. The average molecular weight is 317 g/mol. The summed E-state index contributed by atoms with van der Waals surface area (Å²) in [6.45, 7) is 0. The first-order chi connectivity index (χ1) is 11.8. The van der Waals surface area contributed by atoms with Crippen LogP contribution >= 0.6 is 0 Å². The maximum Gasteiger partial charge on any atom is 0.162 e. The predicted molar refractivity (Wildman–Crippen MR) is 92.5 cm³/mol. The van der Waals surface area contributed by atoms with Crippen LogP contribution in [0.4, 0.5) is 0 Å². The summed E-state index contributed by atoms with van der Waals surface area (Å²) in [7, 11) is 1.53. The minimum atomic E-state index is 0.116. The van der Waals surface area contributed by atoms with Gasteiger partial charge in [-0.2, -0.15) is 0 Å². The highest BCUT2D eigenvalue weighted by molar-refractivity contribution is 5.83. The van der Waals surface area contributed by atoms with Crippen LogP contribution in [0, 0.1) is 0 Å².